The van der Waals surface area contributed by atoms with Gasteiger partial charge in [-0.1, -0.05) is 42.5 Å². The van der Waals surface area contributed by atoms with E-state index >= 15 is 0 Å². The second-order valence-corrected chi connectivity index (χ2v) is 5.03. The Labute approximate surface area is 130 Å². The molecule has 118 valence electrons. The molecule has 0 aliphatic rings. The van der Waals surface area contributed by atoms with Crippen LogP contribution in [0.25, 0.3) is 0 Å². The second kappa shape index (κ2) is 9.20. The van der Waals surface area contributed by atoms with Crippen LogP contribution in [0.1, 0.15) is 11.1 Å². The summed E-state index contributed by atoms with van der Waals surface area (Å²) in [6.07, 6.45) is 0.205. The molecule has 22 heavy (non-hydrogen) atoms. The number of hydrogen-bond donors (Lipinski definition) is 2. The van der Waals surface area contributed by atoms with Gasteiger partial charge in [-0.25, -0.2) is 0 Å². The van der Waals surface area contributed by atoms with Gasteiger partial charge in [0.15, 0.2) is 0 Å². The second-order valence-electron chi connectivity index (χ2n) is 5.03. The van der Waals surface area contributed by atoms with Crippen molar-refractivity contribution in [2.45, 2.75) is 19.1 Å². The molecular formula is C18H22O4. The Morgan fingerprint density at radius 3 is 2.32 bits per heavy atom. The molecule has 0 fully saturated rings. The van der Waals surface area contributed by atoms with Gasteiger partial charge in [-0.2, -0.15) is 0 Å². The molecule has 0 atom stereocenters. The van der Waals surface area contributed by atoms with Crippen LogP contribution in [0.2, 0.25) is 0 Å². The summed E-state index contributed by atoms with van der Waals surface area (Å²) in [6.45, 7) is 0.652. The normalized spacial score (nSPS) is 10.9. The number of rotatable bonds is 9. The van der Waals surface area contributed by atoms with Gasteiger partial charge in [-0.3, -0.25) is 0 Å². The monoisotopic (exact) mass is 302 g/mol. The fourth-order valence-electron chi connectivity index (χ4n) is 2.04. The van der Waals surface area contributed by atoms with Crippen LogP contribution in [0.5, 0.6) is 5.75 Å². The van der Waals surface area contributed by atoms with Crippen molar-refractivity contribution in [1.29, 1.82) is 0 Å². The van der Waals surface area contributed by atoms with Crippen molar-refractivity contribution in [1.82, 2.24) is 0 Å². The maximum absolute atomic E-state index is 8.94. The van der Waals surface area contributed by atoms with E-state index in [4.69, 9.17) is 19.7 Å². The molecule has 4 heteroatoms. The Hall–Kier alpha value is -1.88. The molecule has 2 aromatic rings. The molecule has 0 amide bonds. The van der Waals surface area contributed by atoms with Gasteiger partial charge in [0, 0.05) is 0 Å². The fraction of sp³-hybridized carbons (Fsp3) is 0.333. The zero-order valence-corrected chi connectivity index (χ0v) is 12.5. The topological polar surface area (TPSA) is 58.9 Å². The van der Waals surface area contributed by atoms with Gasteiger partial charge < -0.3 is 19.7 Å². The third-order valence-corrected chi connectivity index (χ3v) is 3.30. The molecule has 4 nitrogen and oxygen atoms in total. The minimum atomic E-state index is -0.502. The zero-order chi connectivity index (χ0) is 15.6. The number of aliphatic hydroxyl groups excluding tert-OH is 2. The van der Waals surface area contributed by atoms with Crippen LogP contribution in [0.4, 0.5) is 0 Å². The minimum absolute atomic E-state index is 0.170. The lowest BCUT2D eigenvalue weighted by Gasteiger charge is -2.13. The first kappa shape index (κ1) is 16.5. The van der Waals surface area contributed by atoms with E-state index in [2.05, 4.69) is 0 Å². The summed E-state index contributed by atoms with van der Waals surface area (Å²) in [7, 11) is 0. The number of aliphatic hydroxyl groups is 2. The Bertz CT molecular complexity index is 538. The van der Waals surface area contributed by atoms with Crippen molar-refractivity contribution >= 4 is 0 Å². The van der Waals surface area contributed by atoms with Crippen LogP contribution in [-0.4, -0.2) is 36.1 Å². The Morgan fingerprint density at radius 1 is 0.864 bits per heavy atom. The van der Waals surface area contributed by atoms with E-state index in [1.165, 1.54) is 0 Å². The smallest absolute Gasteiger partial charge is 0.120 e. The molecule has 2 N–H and O–H groups in total. The van der Waals surface area contributed by atoms with Crippen molar-refractivity contribution in [2.24, 2.45) is 0 Å². The molecule has 2 rings (SSSR count). The third-order valence-electron chi connectivity index (χ3n) is 3.30. The maximum atomic E-state index is 8.94. The lowest BCUT2D eigenvalue weighted by molar-refractivity contribution is -0.0182. The number of ether oxygens (including phenoxy) is 2. The first-order valence-electron chi connectivity index (χ1n) is 7.41. The Kier molecular flexibility index (Phi) is 6.90. The van der Waals surface area contributed by atoms with Gasteiger partial charge in [-0.05, 0) is 29.7 Å². The summed E-state index contributed by atoms with van der Waals surface area (Å²) in [4.78, 5) is 0. The van der Waals surface area contributed by atoms with Crippen LogP contribution >= 0.6 is 0 Å². The average Bonchev–Trinajstić information content (AvgIpc) is 2.58. The molecule has 0 aliphatic carbocycles. The summed E-state index contributed by atoms with van der Waals surface area (Å²) in [5, 5.41) is 17.9. The van der Waals surface area contributed by atoms with Crippen molar-refractivity contribution in [3.63, 3.8) is 0 Å². The van der Waals surface area contributed by atoms with E-state index in [9.17, 15) is 0 Å². The molecule has 0 bridgehead atoms. The highest BCUT2D eigenvalue weighted by Crippen LogP contribution is 2.16. The molecule has 0 radical (unpaired) electrons. The van der Waals surface area contributed by atoms with E-state index in [0.717, 1.165) is 16.9 Å². The SMILES string of the molecule is OCC(CO)OCCc1cccc(OCc2ccccc2)c1. The summed E-state index contributed by atoms with van der Waals surface area (Å²) < 4.78 is 11.2. The summed E-state index contributed by atoms with van der Waals surface area (Å²) in [5.74, 6) is 0.821. The van der Waals surface area contributed by atoms with Crippen LogP contribution in [0.3, 0.4) is 0 Å². The van der Waals surface area contributed by atoms with E-state index in [-0.39, 0.29) is 13.2 Å². The molecule has 2 aromatic carbocycles. The summed E-state index contributed by atoms with van der Waals surface area (Å²) >= 11 is 0. The van der Waals surface area contributed by atoms with E-state index in [0.29, 0.717) is 19.6 Å². The zero-order valence-electron chi connectivity index (χ0n) is 12.5. The van der Waals surface area contributed by atoms with Crippen molar-refractivity contribution in [2.75, 3.05) is 19.8 Å². The van der Waals surface area contributed by atoms with Crippen LogP contribution < -0.4 is 4.74 Å². The van der Waals surface area contributed by atoms with E-state index in [1.54, 1.807) is 0 Å². The van der Waals surface area contributed by atoms with Crippen LogP contribution in [0, 0.1) is 0 Å². The molecule has 0 aliphatic heterocycles. The first-order valence-corrected chi connectivity index (χ1v) is 7.41. The van der Waals surface area contributed by atoms with Crippen LogP contribution in [0.15, 0.2) is 54.6 Å². The average molecular weight is 302 g/mol. The van der Waals surface area contributed by atoms with Gasteiger partial charge >= 0.3 is 0 Å². The highest BCUT2D eigenvalue weighted by atomic mass is 16.5. The summed E-state index contributed by atoms with van der Waals surface area (Å²) in [5.41, 5.74) is 2.23. The van der Waals surface area contributed by atoms with Crippen molar-refractivity contribution < 1.29 is 19.7 Å². The predicted octanol–water partition coefficient (Wildman–Crippen LogP) is 2.18. The van der Waals surface area contributed by atoms with Crippen molar-refractivity contribution in [3.05, 3.63) is 65.7 Å². The standard InChI is InChI=1S/C18H22O4/c19-12-18(13-20)21-10-9-15-7-4-8-17(11-15)22-14-16-5-2-1-3-6-16/h1-8,11,18-20H,9-10,12-14H2. The Morgan fingerprint density at radius 2 is 1.59 bits per heavy atom. The number of hydrogen-bond acceptors (Lipinski definition) is 4. The molecule has 0 aromatic heterocycles. The fourth-order valence-corrected chi connectivity index (χ4v) is 2.04. The molecule has 0 spiro atoms. The summed E-state index contributed by atoms with van der Waals surface area (Å²) in [6, 6.07) is 17.9. The predicted molar refractivity (Wildman–Crippen MR) is 84.8 cm³/mol. The van der Waals surface area contributed by atoms with Gasteiger partial charge in [-0.15, -0.1) is 0 Å². The highest BCUT2D eigenvalue weighted by molar-refractivity contribution is 5.29. The quantitative estimate of drug-likeness (QED) is 0.745. The molecular weight excluding hydrogens is 280 g/mol. The minimum Gasteiger partial charge on any atom is -0.489 e. The highest BCUT2D eigenvalue weighted by Gasteiger charge is 2.05. The molecule has 0 saturated heterocycles. The molecule has 0 heterocycles. The lowest BCUT2D eigenvalue weighted by Crippen LogP contribution is -2.23. The molecule has 0 saturated carbocycles. The van der Waals surface area contributed by atoms with Crippen molar-refractivity contribution in [3.8, 4) is 5.75 Å². The largest absolute Gasteiger partial charge is 0.489 e. The van der Waals surface area contributed by atoms with Gasteiger partial charge in [0.05, 0.1) is 19.8 Å². The maximum Gasteiger partial charge on any atom is 0.120 e. The van der Waals surface area contributed by atoms with E-state index in [1.807, 2.05) is 54.6 Å². The Balaban J connectivity index is 1.82. The number of benzene rings is 2. The van der Waals surface area contributed by atoms with Gasteiger partial charge in [0.1, 0.15) is 18.5 Å². The van der Waals surface area contributed by atoms with E-state index < -0.39 is 6.10 Å². The third kappa shape index (κ3) is 5.48. The van der Waals surface area contributed by atoms with Gasteiger partial charge in [0.25, 0.3) is 0 Å². The lowest BCUT2D eigenvalue weighted by atomic mass is 10.1. The van der Waals surface area contributed by atoms with Crippen LogP contribution in [-0.2, 0) is 17.8 Å². The first-order chi connectivity index (χ1) is 10.8. The van der Waals surface area contributed by atoms with Gasteiger partial charge in [0.2, 0.25) is 0 Å². The molecule has 0 unspecified atom stereocenters.